The molecule has 0 heterocycles. The second kappa shape index (κ2) is 8.55. The molecule has 2 aromatic rings. The Bertz CT molecular complexity index is 863. The van der Waals surface area contributed by atoms with E-state index in [0.29, 0.717) is 0 Å². The average Bonchev–Trinajstić information content (AvgIpc) is 2.61. The van der Waals surface area contributed by atoms with E-state index in [1.807, 2.05) is 38.1 Å². The van der Waals surface area contributed by atoms with Crippen molar-refractivity contribution in [3.8, 4) is 6.07 Å². The van der Waals surface area contributed by atoms with Crippen molar-refractivity contribution < 1.29 is 9.53 Å². The smallest absolute Gasteiger partial charge is 0.348 e. The summed E-state index contributed by atoms with van der Waals surface area (Å²) in [7, 11) is 1.28. The van der Waals surface area contributed by atoms with Crippen LogP contribution in [0.25, 0.3) is 6.08 Å². The topological polar surface area (TPSA) is 50.1 Å². The predicted molar refractivity (Wildman–Crippen MR) is 102 cm³/mol. The summed E-state index contributed by atoms with van der Waals surface area (Å²) in [5, 5.41) is 9.18. The van der Waals surface area contributed by atoms with Gasteiger partial charge in [-0.15, -0.1) is 11.8 Å². The van der Waals surface area contributed by atoms with Gasteiger partial charge in [-0.2, -0.15) is 5.26 Å². The molecule has 0 N–H and O–H groups in total. The Morgan fingerprint density at radius 2 is 1.96 bits per heavy atom. The van der Waals surface area contributed by atoms with Crippen LogP contribution in [0.5, 0.6) is 0 Å². The highest BCUT2D eigenvalue weighted by molar-refractivity contribution is 7.98. The molecule has 0 atom stereocenters. The minimum atomic E-state index is -0.612. The van der Waals surface area contributed by atoms with E-state index in [9.17, 15) is 10.1 Å². The van der Waals surface area contributed by atoms with Gasteiger partial charge >= 0.3 is 5.97 Å². The molecule has 2 rings (SSSR count). The Hall–Kier alpha value is -2.51. The van der Waals surface area contributed by atoms with Crippen LogP contribution in [-0.4, -0.2) is 13.1 Å². The van der Waals surface area contributed by atoms with E-state index in [2.05, 4.69) is 29.9 Å². The molecule has 0 bridgehead atoms. The maximum Gasteiger partial charge on any atom is 0.348 e. The molecule has 2 aromatic carbocycles. The van der Waals surface area contributed by atoms with Crippen molar-refractivity contribution in [3.63, 3.8) is 0 Å². The van der Waals surface area contributed by atoms with E-state index in [0.717, 1.165) is 22.4 Å². The SMILES string of the molecule is COC(=O)C(C#N)=Cc1cc(C)cc(CSc2ccccc2C)c1C. The third-order valence-corrected chi connectivity index (χ3v) is 5.23. The highest BCUT2D eigenvalue weighted by atomic mass is 32.2. The number of rotatable bonds is 5. The van der Waals surface area contributed by atoms with Crippen molar-refractivity contribution >= 4 is 23.8 Å². The summed E-state index contributed by atoms with van der Waals surface area (Å²) in [5.74, 6) is 0.221. The molecule has 4 heteroatoms. The molecule has 0 aliphatic heterocycles. The van der Waals surface area contributed by atoms with E-state index < -0.39 is 5.97 Å². The maximum absolute atomic E-state index is 11.7. The zero-order valence-corrected chi connectivity index (χ0v) is 15.7. The largest absolute Gasteiger partial charge is 0.465 e. The molecule has 0 fully saturated rings. The predicted octanol–water partition coefficient (Wildman–Crippen LogP) is 4.98. The van der Waals surface area contributed by atoms with Crippen molar-refractivity contribution in [1.29, 1.82) is 5.26 Å². The number of hydrogen-bond acceptors (Lipinski definition) is 4. The lowest BCUT2D eigenvalue weighted by Crippen LogP contribution is -2.03. The Morgan fingerprint density at radius 1 is 1.24 bits per heavy atom. The van der Waals surface area contributed by atoms with E-state index >= 15 is 0 Å². The van der Waals surface area contributed by atoms with Gasteiger partial charge in [-0.3, -0.25) is 0 Å². The molecule has 0 saturated heterocycles. The van der Waals surface area contributed by atoms with E-state index in [1.54, 1.807) is 17.8 Å². The lowest BCUT2D eigenvalue weighted by atomic mass is 9.98. The Morgan fingerprint density at radius 3 is 2.60 bits per heavy atom. The lowest BCUT2D eigenvalue weighted by molar-refractivity contribution is -0.135. The van der Waals surface area contributed by atoms with E-state index in [1.165, 1.54) is 23.1 Å². The van der Waals surface area contributed by atoms with Crippen LogP contribution < -0.4 is 0 Å². The highest BCUT2D eigenvalue weighted by Crippen LogP contribution is 2.29. The normalized spacial score (nSPS) is 11.1. The summed E-state index contributed by atoms with van der Waals surface area (Å²) in [5.41, 5.74) is 5.51. The third-order valence-electron chi connectivity index (χ3n) is 4.00. The van der Waals surface area contributed by atoms with Crippen LogP contribution in [0.15, 0.2) is 46.9 Å². The summed E-state index contributed by atoms with van der Waals surface area (Å²) in [6.45, 7) is 6.14. The van der Waals surface area contributed by atoms with Gasteiger partial charge < -0.3 is 4.74 Å². The van der Waals surface area contributed by atoms with Crippen LogP contribution in [0, 0.1) is 32.1 Å². The van der Waals surface area contributed by atoms with Crippen molar-refractivity contribution in [1.82, 2.24) is 0 Å². The Labute approximate surface area is 153 Å². The summed E-state index contributed by atoms with van der Waals surface area (Å²) in [4.78, 5) is 12.9. The molecule has 25 heavy (non-hydrogen) atoms. The van der Waals surface area contributed by atoms with Crippen LogP contribution in [0.3, 0.4) is 0 Å². The molecular formula is C21H21NO2S. The second-order valence-electron chi connectivity index (χ2n) is 5.85. The molecule has 0 aliphatic carbocycles. The fraction of sp³-hybridized carbons (Fsp3) is 0.238. The third kappa shape index (κ3) is 4.74. The van der Waals surface area contributed by atoms with Gasteiger partial charge in [-0.1, -0.05) is 35.9 Å². The number of carbonyl (C=O) groups is 1. The number of aryl methyl sites for hydroxylation is 2. The Kier molecular flexibility index (Phi) is 6.44. The van der Waals surface area contributed by atoms with Gasteiger partial charge in [-0.25, -0.2) is 4.79 Å². The minimum absolute atomic E-state index is 0.00806. The standard InChI is InChI=1S/C21H21NO2S/c1-14-9-17(11-18(12-22)21(23)24-4)16(3)19(10-14)13-25-20-8-6-5-7-15(20)2/h5-11H,13H2,1-4H3. The van der Waals surface area contributed by atoms with Crippen LogP contribution >= 0.6 is 11.8 Å². The van der Waals surface area contributed by atoms with Gasteiger partial charge in [0.05, 0.1) is 7.11 Å². The van der Waals surface area contributed by atoms with Gasteiger partial charge in [-0.05, 0) is 55.2 Å². The summed E-state index contributed by atoms with van der Waals surface area (Å²) in [6, 6.07) is 14.4. The molecule has 0 amide bonds. The van der Waals surface area contributed by atoms with Gasteiger partial charge in [0.15, 0.2) is 0 Å². The molecule has 0 saturated carbocycles. The van der Waals surface area contributed by atoms with Gasteiger partial charge in [0.25, 0.3) is 0 Å². The molecule has 0 spiro atoms. The number of methoxy groups -OCH3 is 1. The lowest BCUT2D eigenvalue weighted by Gasteiger charge is -2.12. The Balaban J connectivity index is 2.34. The molecule has 3 nitrogen and oxygen atoms in total. The fourth-order valence-corrected chi connectivity index (χ4v) is 3.62. The van der Waals surface area contributed by atoms with Gasteiger partial charge in [0, 0.05) is 10.6 Å². The van der Waals surface area contributed by atoms with Crippen molar-refractivity contribution in [2.24, 2.45) is 0 Å². The monoisotopic (exact) mass is 351 g/mol. The number of benzene rings is 2. The first-order valence-electron chi connectivity index (χ1n) is 7.95. The second-order valence-corrected chi connectivity index (χ2v) is 6.87. The van der Waals surface area contributed by atoms with Crippen molar-refractivity contribution in [2.75, 3.05) is 7.11 Å². The van der Waals surface area contributed by atoms with Crippen LogP contribution in [0.2, 0.25) is 0 Å². The minimum Gasteiger partial charge on any atom is -0.465 e. The molecular weight excluding hydrogens is 330 g/mol. The molecule has 0 aromatic heterocycles. The first kappa shape index (κ1) is 18.8. The number of hydrogen-bond donors (Lipinski definition) is 0. The highest BCUT2D eigenvalue weighted by Gasteiger charge is 2.12. The molecule has 0 unspecified atom stereocenters. The van der Waals surface area contributed by atoms with Crippen LogP contribution in [0.1, 0.15) is 27.8 Å². The zero-order chi connectivity index (χ0) is 18.4. The number of nitriles is 1. The summed E-state index contributed by atoms with van der Waals surface area (Å²) < 4.78 is 4.66. The maximum atomic E-state index is 11.7. The quantitative estimate of drug-likeness (QED) is 0.330. The van der Waals surface area contributed by atoms with Crippen LogP contribution in [-0.2, 0) is 15.3 Å². The zero-order valence-electron chi connectivity index (χ0n) is 14.9. The van der Waals surface area contributed by atoms with Gasteiger partial charge in [0.2, 0.25) is 0 Å². The molecule has 128 valence electrons. The van der Waals surface area contributed by atoms with E-state index in [-0.39, 0.29) is 5.57 Å². The summed E-state index contributed by atoms with van der Waals surface area (Å²) in [6.07, 6.45) is 1.61. The molecule has 0 aliphatic rings. The van der Waals surface area contributed by atoms with Crippen molar-refractivity contribution in [3.05, 3.63) is 69.8 Å². The number of thioether (sulfide) groups is 1. The average molecular weight is 351 g/mol. The first-order valence-corrected chi connectivity index (χ1v) is 8.93. The number of esters is 1. The number of ether oxygens (including phenoxy) is 1. The van der Waals surface area contributed by atoms with Gasteiger partial charge in [0.1, 0.15) is 11.6 Å². The fourth-order valence-electron chi connectivity index (χ4n) is 2.54. The summed E-state index contributed by atoms with van der Waals surface area (Å²) >= 11 is 1.79. The number of nitrogens with zero attached hydrogens (tertiary/aromatic N) is 1. The first-order chi connectivity index (χ1) is 12.0. The van der Waals surface area contributed by atoms with Crippen LogP contribution in [0.4, 0.5) is 0 Å². The number of carbonyl (C=O) groups excluding carboxylic acids is 1. The van der Waals surface area contributed by atoms with Crippen molar-refractivity contribution in [2.45, 2.75) is 31.4 Å². The molecule has 0 radical (unpaired) electrons. The van der Waals surface area contributed by atoms with E-state index in [4.69, 9.17) is 0 Å².